The monoisotopic (exact) mass is 339 g/mol. The van der Waals surface area contributed by atoms with Gasteiger partial charge in [0.2, 0.25) is 11.7 Å². The number of rotatable bonds is 5. The van der Waals surface area contributed by atoms with Gasteiger partial charge in [-0.1, -0.05) is 38.1 Å². The smallest absolute Gasteiger partial charge is 0.248 e. The first-order valence-electron chi connectivity index (χ1n) is 7.95. The Kier molecular flexibility index (Phi) is 4.83. The van der Waals surface area contributed by atoms with Gasteiger partial charge in [0.1, 0.15) is 12.4 Å². The van der Waals surface area contributed by atoms with Gasteiger partial charge in [-0.2, -0.15) is 4.80 Å². The largest absolute Gasteiger partial charge is 0.324 e. The Hall–Kier alpha value is -3.09. The fraction of sp³-hybridized carbons (Fsp3) is 0.222. The van der Waals surface area contributed by atoms with E-state index in [4.69, 9.17) is 0 Å². The van der Waals surface area contributed by atoms with Gasteiger partial charge in [-0.3, -0.25) is 4.79 Å². The summed E-state index contributed by atoms with van der Waals surface area (Å²) in [7, 11) is 0. The molecule has 0 bridgehead atoms. The molecule has 0 atom stereocenters. The highest BCUT2D eigenvalue weighted by atomic mass is 19.1. The number of amides is 1. The van der Waals surface area contributed by atoms with E-state index in [9.17, 15) is 9.18 Å². The molecular formula is C18H18FN5O. The molecule has 0 saturated heterocycles. The third kappa shape index (κ3) is 4.26. The normalized spacial score (nSPS) is 10.9. The molecule has 0 aliphatic heterocycles. The molecular weight excluding hydrogens is 321 g/mol. The molecule has 0 unspecified atom stereocenters. The zero-order valence-corrected chi connectivity index (χ0v) is 14.0. The van der Waals surface area contributed by atoms with Gasteiger partial charge in [0.15, 0.2) is 0 Å². The maximum atomic E-state index is 12.9. The Morgan fingerprint density at radius 2 is 1.80 bits per heavy atom. The number of tetrazole rings is 1. The van der Waals surface area contributed by atoms with Crippen molar-refractivity contribution in [3.8, 4) is 11.4 Å². The summed E-state index contributed by atoms with van der Waals surface area (Å²) < 4.78 is 12.9. The Morgan fingerprint density at radius 3 is 2.44 bits per heavy atom. The fourth-order valence-corrected chi connectivity index (χ4v) is 2.31. The highest BCUT2D eigenvalue weighted by molar-refractivity contribution is 5.90. The second-order valence-corrected chi connectivity index (χ2v) is 5.98. The maximum Gasteiger partial charge on any atom is 0.248 e. The minimum Gasteiger partial charge on any atom is -0.324 e. The Bertz CT molecular complexity index is 856. The van der Waals surface area contributed by atoms with E-state index in [2.05, 4.69) is 34.6 Å². The van der Waals surface area contributed by atoms with Gasteiger partial charge in [-0.05, 0) is 41.0 Å². The van der Waals surface area contributed by atoms with Gasteiger partial charge in [-0.25, -0.2) is 4.39 Å². The number of nitrogens with one attached hydrogen (secondary N) is 1. The summed E-state index contributed by atoms with van der Waals surface area (Å²) in [5.41, 5.74) is 2.58. The molecule has 0 aliphatic carbocycles. The first-order chi connectivity index (χ1) is 12.0. The maximum absolute atomic E-state index is 12.9. The summed E-state index contributed by atoms with van der Waals surface area (Å²) in [6, 6.07) is 13.5. The van der Waals surface area contributed by atoms with Crippen molar-refractivity contribution in [2.75, 3.05) is 5.32 Å². The van der Waals surface area contributed by atoms with Crippen LogP contribution in [0.15, 0.2) is 48.5 Å². The zero-order chi connectivity index (χ0) is 17.8. The summed E-state index contributed by atoms with van der Waals surface area (Å²) in [5.74, 6) is 0.243. The molecule has 1 N–H and O–H groups in total. The Labute approximate surface area is 144 Å². The van der Waals surface area contributed by atoms with E-state index in [1.165, 1.54) is 34.6 Å². The van der Waals surface area contributed by atoms with E-state index in [0.29, 0.717) is 17.4 Å². The summed E-state index contributed by atoms with van der Waals surface area (Å²) in [4.78, 5) is 13.2. The van der Waals surface area contributed by atoms with Gasteiger partial charge in [0.25, 0.3) is 0 Å². The summed E-state index contributed by atoms with van der Waals surface area (Å²) in [6.07, 6.45) is 0. The molecule has 128 valence electrons. The van der Waals surface area contributed by atoms with Gasteiger partial charge >= 0.3 is 0 Å². The quantitative estimate of drug-likeness (QED) is 0.774. The summed E-state index contributed by atoms with van der Waals surface area (Å²) in [6.45, 7) is 4.18. The standard InChI is InChI=1S/C18H18FN5O/c1-12(2)13-3-5-14(6-4-13)18-21-23-24(22-18)11-17(25)20-16-9-7-15(19)8-10-16/h3-10,12H,11H2,1-2H3,(H,20,25). The lowest BCUT2D eigenvalue weighted by Crippen LogP contribution is -2.20. The van der Waals surface area contributed by atoms with Crippen molar-refractivity contribution >= 4 is 11.6 Å². The first-order valence-corrected chi connectivity index (χ1v) is 7.95. The highest BCUT2D eigenvalue weighted by Crippen LogP contribution is 2.19. The minimum atomic E-state index is -0.357. The molecule has 3 rings (SSSR count). The number of aromatic nitrogens is 4. The SMILES string of the molecule is CC(C)c1ccc(-c2nnn(CC(=O)Nc3ccc(F)cc3)n2)cc1. The van der Waals surface area contributed by atoms with Gasteiger partial charge in [-0.15, -0.1) is 10.2 Å². The summed E-state index contributed by atoms with van der Waals surface area (Å²) in [5, 5.41) is 14.8. The third-order valence-electron chi connectivity index (χ3n) is 3.70. The minimum absolute atomic E-state index is 0.0749. The van der Waals surface area contributed by atoms with Gasteiger partial charge in [0, 0.05) is 11.3 Å². The number of benzene rings is 2. The highest BCUT2D eigenvalue weighted by Gasteiger charge is 2.10. The molecule has 1 amide bonds. The molecule has 1 aromatic heterocycles. The average molecular weight is 339 g/mol. The van der Waals surface area contributed by atoms with Crippen molar-refractivity contribution in [2.45, 2.75) is 26.3 Å². The van der Waals surface area contributed by atoms with E-state index in [1.54, 1.807) is 0 Å². The predicted octanol–water partition coefficient (Wildman–Crippen LogP) is 3.24. The molecule has 0 saturated carbocycles. The van der Waals surface area contributed by atoms with Crippen LogP contribution in [0.25, 0.3) is 11.4 Å². The second-order valence-electron chi connectivity index (χ2n) is 5.98. The van der Waals surface area contributed by atoms with Crippen LogP contribution in [0.3, 0.4) is 0 Å². The molecule has 0 spiro atoms. The van der Waals surface area contributed by atoms with E-state index < -0.39 is 0 Å². The lowest BCUT2D eigenvalue weighted by atomic mass is 10.0. The second kappa shape index (κ2) is 7.21. The van der Waals surface area contributed by atoms with Crippen molar-refractivity contribution in [2.24, 2.45) is 0 Å². The van der Waals surface area contributed by atoms with E-state index >= 15 is 0 Å². The molecule has 0 aliphatic rings. The molecule has 0 radical (unpaired) electrons. The van der Waals surface area contributed by atoms with E-state index in [0.717, 1.165) is 5.56 Å². The van der Waals surface area contributed by atoms with E-state index in [1.807, 2.05) is 24.3 Å². The molecule has 1 heterocycles. The van der Waals surface area contributed by atoms with Crippen LogP contribution in [0, 0.1) is 5.82 Å². The number of halogens is 1. The number of carbonyl (C=O) groups excluding carboxylic acids is 1. The molecule has 0 fully saturated rings. The van der Waals surface area contributed by atoms with Crippen molar-refractivity contribution < 1.29 is 9.18 Å². The number of nitrogens with zero attached hydrogens (tertiary/aromatic N) is 4. The van der Waals surface area contributed by atoms with Gasteiger partial charge < -0.3 is 5.32 Å². The molecule has 3 aromatic rings. The van der Waals surface area contributed by atoms with Crippen molar-refractivity contribution in [3.63, 3.8) is 0 Å². The van der Waals surface area contributed by atoms with Crippen molar-refractivity contribution in [1.29, 1.82) is 0 Å². The Balaban J connectivity index is 1.64. The van der Waals surface area contributed by atoms with E-state index in [-0.39, 0.29) is 18.3 Å². The fourth-order valence-electron chi connectivity index (χ4n) is 2.31. The molecule has 2 aromatic carbocycles. The third-order valence-corrected chi connectivity index (χ3v) is 3.70. The lowest BCUT2D eigenvalue weighted by Gasteiger charge is -2.05. The van der Waals surface area contributed by atoms with Crippen LogP contribution in [0.1, 0.15) is 25.3 Å². The van der Waals surface area contributed by atoms with Crippen LogP contribution in [0.4, 0.5) is 10.1 Å². The molecule has 7 heteroatoms. The van der Waals surface area contributed by atoms with Crippen molar-refractivity contribution in [1.82, 2.24) is 20.2 Å². The average Bonchev–Trinajstić information content (AvgIpc) is 3.05. The lowest BCUT2D eigenvalue weighted by molar-refractivity contribution is -0.117. The van der Waals surface area contributed by atoms with Gasteiger partial charge in [0.05, 0.1) is 0 Å². The zero-order valence-electron chi connectivity index (χ0n) is 14.0. The van der Waals surface area contributed by atoms with Crippen LogP contribution in [-0.2, 0) is 11.3 Å². The number of hydrogen-bond acceptors (Lipinski definition) is 4. The van der Waals surface area contributed by atoms with Crippen LogP contribution < -0.4 is 5.32 Å². The number of carbonyl (C=O) groups is 1. The summed E-state index contributed by atoms with van der Waals surface area (Å²) >= 11 is 0. The molecule has 25 heavy (non-hydrogen) atoms. The van der Waals surface area contributed by atoms with Crippen LogP contribution in [0.2, 0.25) is 0 Å². The van der Waals surface area contributed by atoms with Crippen molar-refractivity contribution in [3.05, 3.63) is 59.9 Å². The van der Waals surface area contributed by atoms with Crippen LogP contribution in [0.5, 0.6) is 0 Å². The number of anilines is 1. The predicted molar refractivity (Wildman–Crippen MR) is 92.4 cm³/mol. The number of hydrogen-bond donors (Lipinski definition) is 1. The topological polar surface area (TPSA) is 72.7 Å². The van der Waals surface area contributed by atoms with Crippen LogP contribution in [-0.4, -0.2) is 26.1 Å². The molecule has 6 nitrogen and oxygen atoms in total. The van der Waals surface area contributed by atoms with Crippen LogP contribution >= 0.6 is 0 Å². The first kappa shape index (κ1) is 16.8. The Morgan fingerprint density at radius 1 is 1.12 bits per heavy atom.